The smallest absolute Gasteiger partial charge is 0.351 e. The molecule has 0 N–H and O–H groups in total. The van der Waals surface area contributed by atoms with Crippen LogP contribution in [0.3, 0.4) is 0 Å². The van der Waals surface area contributed by atoms with Gasteiger partial charge in [-0.25, -0.2) is 14.0 Å². The zero-order chi connectivity index (χ0) is 16.4. The standard InChI is InChI=1S/C17H11FO5/c1-21-13-6-7-15-10(8-13)9-14(17(20)23-15)16(19)22-12-4-2-11(18)3-5-12/h2-9H,1H3. The lowest BCUT2D eigenvalue weighted by atomic mass is 10.2. The second kappa shape index (κ2) is 5.92. The lowest BCUT2D eigenvalue weighted by Gasteiger charge is -2.05. The van der Waals surface area contributed by atoms with Gasteiger partial charge in [0.05, 0.1) is 7.11 Å². The summed E-state index contributed by atoms with van der Waals surface area (Å²) in [6.45, 7) is 0. The van der Waals surface area contributed by atoms with Gasteiger partial charge in [0.15, 0.2) is 0 Å². The first-order valence-corrected chi connectivity index (χ1v) is 6.66. The van der Waals surface area contributed by atoms with Gasteiger partial charge >= 0.3 is 11.6 Å². The highest BCUT2D eigenvalue weighted by atomic mass is 19.1. The normalized spacial score (nSPS) is 10.5. The van der Waals surface area contributed by atoms with Crippen molar-refractivity contribution in [1.82, 2.24) is 0 Å². The number of methoxy groups -OCH3 is 1. The first kappa shape index (κ1) is 14.8. The summed E-state index contributed by atoms with van der Waals surface area (Å²) in [4.78, 5) is 24.0. The van der Waals surface area contributed by atoms with Gasteiger partial charge in [0, 0.05) is 5.39 Å². The maximum Gasteiger partial charge on any atom is 0.351 e. The van der Waals surface area contributed by atoms with E-state index in [1.54, 1.807) is 18.2 Å². The molecule has 6 heteroatoms. The van der Waals surface area contributed by atoms with Gasteiger partial charge in [0.25, 0.3) is 0 Å². The molecular weight excluding hydrogens is 303 g/mol. The van der Waals surface area contributed by atoms with E-state index < -0.39 is 17.4 Å². The minimum atomic E-state index is -0.880. The molecule has 0 aliphatic rings. The number of benzene rings is 2. The zero-order valence-corrected chi connectivity index (χ0v) is 12.0. The lowest BCUT2D eigenvalue weighted by Crippen LogP contribution is -2.18. The van der Waals surface area contributed by atoms with E-state index in [9.17, 15) is 14.0 Å². The van der Waals surface area contributed by atoms with E-state index in [-0.39, 0.29) is 11.3 Å². The van der Waals surface area contributed by atoms with Gasteiger partial charge < -0.3 is 13.9 Å². The fourth-order valence-corrected chi connectivity index (χ4v) is 2.04. The van der Waals surface area contributed by atoms with Crippen molar-refractivity contribution in [3.63, 3.8) is 0 Å². The van der Waals surface area contributed by atoms with Crippen LogP contribution in [0.5, 0.6) is 11.5 Å². The number of carbonyl (C=O) groups excluding carboxylic acids is 1. The molecule has 0 amide bonds. The number of carbonyl (C=O) groups is 1. The topological polar surface area (TPSA) is 65.7 Å². The van der Waals surface area contributed by atoms with Gasteiger partial charge in [-0.2, -0.15) is 0 Å². The maximum atomic E-state index is 12.8. The van der Waals surface area contributed by atoms with Gasteiger partial charge in [-0.15, -0.1) is 0 Å². The Bertz CT molecular complexity index is 928. The van der Waals surface area contributed by atoms with E-state index in [1.807, 2.05) is 0 Å². The van der Waals surface area contributed by atoms with Gasteiger partial charge in [0.2, 0.25) is 0 Å². The summed E-state index contributed by atoms with van der Waals surface area (Å²) in [6.07, 6.45) is 0. The van der Waals surface area contributed by atoms with Crippen LogP contribution in [0.1, 0.15) is 10.4 Å². The Morgan fingerprint density at radius 2 is 1.74 bits per heavy atom. The lowest BCUT2D eigenvalue weighted by molar-refractivity contribution is 0.0730. The molecule has 0 spiro atoms. The third kappa shape index (κ3) is 3.06. The van der Waals surface area contributed by atoms with Crippen molar-refractivity contribution in [2.24, 2.45) is 0 Å². The molecule has 0 saturated carbocycles. The molecule has 0 bridgehead atoms. The second-order valence-electron chi connectivity index (χ2n) is 4.69. The molecule has 3 aromatic rings. The molecule has 0 radical (unpaired) electrons. The van der Waals surface area contributed by atoms with Crippen LogP contribution in [0.4, 0.5) is 4.39 Å². The predicted octanol–water partition coefficient (Wildman–Crippen LogP) is 3.16. The fourth-order valence-electron chi connectivity index (χ4n) is 2.04. The average molecular weight is 314 g/mol. The molecule has 1 aromatic heterocycles. The van der Waals surface area contributed by atoms with Crippen molar-refractivity contribution >= 4 is 16.9 Å². The second-order valence-corrected chi connectivity index (χ2v) is 4.69. The van der Waals surface area contributed by atoms with E-state index in [4.69, 9.17) is 13.9 Å². The molecule has 0 aliphatic heterocycles. The highest BCUT2D eigenvalue weighted by molar-refractivity contribution is 5.94. The Morgan fingerprint density at radius 1 is 1.04 bits per heavy atom. The first-order valence-electron chi connectivity index (χ1n) is 6.66. The van der Waals surface area contributed by atoms with Crippen LogP contribution in [0, 0.1) is 5.82 Å². The Hall–Kier alpha value is -3.15. The average Bonchev–Trinajstić information content (AvgIpc) is 2.55. The van der Waals surface area contributed by atoms with Gasteiger partial charge in [-0.3, -0.25) is 0 Å². The van der Waals surface area contributed by atoms with E-state index in [1.165, 1.54) is 25.3 Å². The summed E-state index contributed by atoms with van der Waals surface area (Å²) in [6, 6.07) is 11.1. The summed E-state index contributed by atoms with van der Waals surface area (Å²) in [7, 11) is 1.50. The number of ether oxygens (including phenoxy) is 2. The van der Waals surface area contributed by atoms with Crippen molar-refractivity contribution in [2.75, 3.05) is 7.11 Å². The van der Waals surface area contributed by atoms with Crippen molar-refractivity contribution in [1.29, 1.82) is 0 Å². The third-order valence-electron chi connectivity index (χ3n) is 3.18. The van der Waals surface area contributed by atoms with Crippen LogP contribution in [-0.2, 0) is 0 Å². The highest BCUT2D eigenvalue weighted by Crippen LogP contribution is 2.21. The van der Waals surface area contributed by atoms with Gasteiger partial charge in [-0.05, 0) is 48.5 Å². The van der Waals surface area contributed by atoms with Gasteiger partial charge in [-0.1, -0.05) is 0 Å². The van der Waals surface area contributed by atoms with E-state index >= 15 is 0 Å². The first-order chi connectivity index (χ1) is 11.1. The van der Waals surface area contributed by atoms with Crippen molar-refractivity contribution in [3.05, 3.63) is 70.3 Å². The number of fused-ring (bicyclic) bond motifs is 1. The molecule has 23 heavy (non-hydrogen) atoms. The van der Waals surface area contributed by atoms with Crippen molar-refractivity contribution in [3.8, 4) is 11.5 Å². The van der Waals surface area contributed by atoms with E-state index in [0.29, 0.717) is 16.7 Å². The van der Waals surface area contributed by atoms with E-state index in [2.05, 4.69) is 0 Å². The Labute approximate surface area is 129 Å². The van der Waals surface area contributed by atoms with Crippen LogP contribution < -0.4 is 15.1 Å². The fraction of sp³-hybridized carbons (Fsp3) is 0.0588. The van der Waals surface area contributed by atoms with Crippen LogP contribution in [0.15, 0.2) is 57.7 Å². The molecule has 0 aliphatic carbocycles. The quantitative estimate of drug-likeness (QED) is 0.422. The number of hydrogen-bond donors (Lipinski definition) is 0. The van der Waals surface area contributed by atoms with Crippen LogP contribution in [0.2, 0.25) is 0 Å². The summed E-state index contributed by atoms with van der Waals surface area (Å²) in [5, 5.41) is 0.523. The minimum Gasteiger partial charge on any atom is -0.497 e. The molecule has 116 valence electrons. The molecule has 2 aromatic carbocycles. The predicted molar refractivity (Wildman–Crippen MR) is 80.4 cm³/mol. The van der Waals surface area contributed by atoms with Gasteiger partial charge in [0.1, 0.15) is 28.5 Å². The number of halogens is 1. The summed E-state index contributed by atoms with van der Waals surface area (Å²) in [5.41, 5.74) is -0.737. The number of hydrogen-bond acceptors (Lipinski definition) is 5. The maximum absolute atomic E-state index is 12.8. The van der Waals surface area contributed by atoms with Crippen molar-refractivity contribution in [2.45, 2.75) is 0 Å². The molecule has 0 fully saturated rings. The molecule has 0 unspecified atom stereocenters. The molecular formula is C17H11FO5. The van der Waals surface area contributed by atoms with Crippen LogP contribution in [0.25, 0.3) is 11.0 Å². The summed E-state index contributed by atoms with van der Waals surface area (Å²) >= 11 is 0. The Morgan fingerprint density at radius 3 is 2.43 bits per heavy atom. The minimum absolute atomic E-state index is 0.126. The van der Waals surface area contributed by atoms with Crippen LogP contribution >= 0.6 is 0 Å². The molecule has 5 nitrogen and oxygen atoms in total. The highest BCUT2D eigenvalue weighted by Gasteiger charge is 2.16. The number of rotatable bonds is 3. The Kier molecular flexibility index (Phi) is 3.80. The third-order valence-corrected chi connectivity index (χ3v) is 3.18. The summed E-state index contributed by atoms with van der Waals surface area (Å²) < 4.78 is 28.1. The van der Waals surface area contributed by atoms with Crippen LogP contribution in [-0.4, -0.2) is 13.1 Å². The van der Waals surface area contributed by atoms with Crippen molar-refractivity contribution < 1.29 is 23.1 Å². The molecule has 0 atom stereocenters. The number of esters is 1. The monoisotopic (exact) mass is 314 g/mol. The molecule has 3 rings (SSSR count). The summed E-state index contributed by atoms with van der Waals surface area (Å²) in [5.74, 6) is -0.650. The SMILES string of the molecule is COc1ccc2oc(=O)c(C(=O)Oc3ccc(F)cc3)cc2c1. The molecule has 0 saturated heterocycles. The Balaban J connectivity index is 1.97. The van der Waals surface area contributed by atoms with E-state index in [0.717, 1.165) is 12.1 Å². The largest absolute Gasteiger partial charge is 0.497 e. The molecule has 1 heterocycles. The zero-order valence-electron chi connectivity index (χ0n) is 12.0.